The lowest BCUT2D eigenvalue weighted by atomic mass is 10.3. The number of ketones is 1. The zero-order valence-electron chi connectivity index (χ0n) is 5.72. The molecule has 0 atom stereocenters. The van der Waals surface area contributed by atoms with E-state index in [2.05, 4.69) is 17.0 Å². The number of rotatable bonds is 3. The maximum Gasteiger partial charge on any atom is 0.374 e. The predicted molar refractivity (Wildman–Crippen MR) is 35.4 cm³/mol. The summed E-state index contributed by atoms with van der Waals surface area (Å²) in [5, 5.41) is 0. The molecule has 0 aliphatic carbocycles. The summed E-state index contributed by atoms with van der Waals surface area (Å²) in [6.07, 6.45) is 1.38. The second kappa shape index (κ2) is 4.53. The van der Waals surface area contributed by atoms with E-state index in [-0.39, 0.29) is 6.42 Å². The van der Waals surface area contributed by atoms with Gasteiger partial charge in [0.2, 0.25) is 5.78 Å². The normalized spacial score (nSPS) is 7.70. The van der Waals surface area contributed by atoms with E-state index in [1.807, 2.05) is 0 Å². The first-order valence-corrected chi connectivity index (χ1v) is 2.67. The van der Waals surface area contributed by atoms with Gasteiger partial charge in [-0.3, -0.25) is 4.79 Å². The van der Waals surface area contributed by atoms with Crippen molar-refractivity contribution in [3.63, 3.8) is 0 Å². The molecular weight excluding hydrogens is 132 g/mol. The molecule has 3 nitrogen and oxygen atoms in total. The van der Waals surface area contributed by atoms with E-state index in [4.69, 9.17) is 0 Å². The molecule has 0 rings (SSSR count). The van der Waals surface area contributed by atoms with Crippen LogP contribution in [0.2, 0.25) is 0 Å². The van der Waals surface area contributed by atoms with Gasteiger partial charge in [-0.2, -0.15) is 0 Å². The maximum absolute atomic E-state index is 10.6. The van der Waals surface area contributed by atoms with Crippen LogP contribution < -0.4 is 0 Å². The highest BCUT2D eigenvalue weighted by Gasteiger charge is 2.10. The van der Waals surface area contributed by atoms with Crippen LogP contribution in [-0.2, 0) is 14.3 Å². The lowest BCUT2D eigenvalue weighted by Crippen LogP contribution is -2.13. The number of hydrogen-bond donors (Lipinski definition) is 0. The van der Waals surface area contributed by atoms with Gasteiger partial charge in [-0.05, 0) is 6.08 Å². The second-order valence-electron chi connectivity index (χ2n) is 1.53. The van der Waals surface area contributed by atoms with Crippen LogP contribution in [0, 0.1) is 0 Å². The van der Waals surface area contributed by atoms with Crippen molar-refractivity contribution in [2.24, 2.45) is 0 Å². The first kappa shape index (κ1) is 8.66. The number of allylic oxidation sites excluding steroid dienone is 1. The molecule has 0 spiro atoms. The Balaban J connectivity index is 3.85. The van der Waals surface area contributed by atoms with Crippen molar-refractivity contribution in [3.8, 4) is 0 Å². The van der Waals surface area contributed by atoms with Gasteiger partial charge in [0, 0.05) is 6.42 Å². The summed E-state index contributed by atoms with van der Waals surface area (Å²) >= 11 is 0. The first-order valence-electron chi connectivity index (χ1n) is 2.67. The molecule has 0 saturated heterocycles. The van der Waals surface area contributed by atoms with E-state index >= 15 is 0 Å². The summed E-state index contributed by atoms with van der Waals surface area (Å²) < 4.78 is 4.15. The molecule has 0 bridgehead atoms. The predicted octanol–water partition coefficient (Wildman–Crippen LogP) is 0.460. The van der Waals surface area contributed by atoms with E-state index in [1.165, 1.54) is 6.08 Å². The van der Waals surface area contributed by atoms with Crippen molar-refractivity contribution in [1.29, 1.82) is 0 Å². The summed E-state index contributed by atoms with van der Waals surface area (Å²) in [5.74, 6) is -1.41. The summed E-state index contributed by atoms with van der Waals surface area (Å²) in [7, 11) is 1.16. The lowest BCUT2D eigenvalue weighted by Gasteiger charge is -1.91. The fraction of sp³-hybridized carbons (Fsp3) is 0.286. The quantitative estimate of drug-likeness (QED) is 0.325. The number of esters is 1. The van der Waals surface area contributed by atoms with Crippen molar-refractivity contribution in [3.05, 3.63) is 18.4 Å². The highest BCUT2D eigenvalue weighted by Crippen LogP contribution is 1.86. The van der Waals surface area contributed by atoms with Crippen LogP contribution >= 0.6 is 0 Å². The molecule has 0 aliphatic heterocycles. The molecule has 54 valence electrons. The second-order valence-corrected chi connectivity index (χ2v) is 1.53. The summed E-state index contributed by atoms with van der Waals surface area (Å²) in [4.78, 5) is 20.9. The van der Waals surface area contributed by atoms with E-state index in [0.717, 1.165) is 7.11 Å². The molecule has 0 radical (unpaired) electrons. The van der Waals surface area contributed by atoms with Gasteiger partial charge in [0.25, 0.3) is 0 Å². The number of carbonyl (C=O) groups is 2. The molecule has 0 amide bonds. The minimum absolute atomic E-state index is 0.0101. The zero-order chi connectivity index (χ0) is 7.98. The fourth-order valence-electron chi connectivity index (χ4n) is 0.362. The third kappa shape index (κ3) is 2.84. The molecule has 0 aromatic heterocycles. The number of carbonyl (C=O) groups excluding carboxylic acids is 2. The van der Waals surface area contributed by atoms with E-state index in [9.17, 15) is 9.59 Å². The third-order valence-corrected chi connectivity index (χ3v) is 0.845. The number of ether oxygens (including phenoxy) is 1. The van der Waals surface area contributed by atoms with Crippen molar-refractivity contribution in [2.75, 3.05) is 7.11 Å². The fourth-order valence-corrected chi connectivity index (χ4v) is 0.362. The van der Waals surface area contributed by atoms with Crippen LogP contribution in [0.4, 0.5) is 0 Å². The third-order valence-electron chi connectivity index (χ3n) is 0.845. The first-order chi connectivity index (χ1) is 4.72. The van der Waals surface area contributed by atoms with Gasteiger partial charge < -0.3 is 4.74 Å². The Morgan fingerprint density at radius 2 is 2.30 bits per heavy atom. The van der Waals surface area contributed by atoms with E-state index in [0.29, 0.717) is 0 Å². The molecule has 0 fully saturated rings. The van der Waals surface area contributed by atoms with E-state index < -0.39 is 11.8 Å². The minimum Gasteiger partial charge on any atom is -0.463 e. The van der Waals surface area contributed by atoms with Crippen molar-refractivity contribution in [1.82, 2.24) is 0 Å². The molecule has 0 heterocycles. The average Bonchev–Trinajstić information content (AvgIpc) is 1.98. The molecule has 0 unspecified atom stereocenters. The average molecular weight is 140 g/mol. The van der Waals surface area contributed by atoms with Crippen LogP contribution in [0.25, 0.3) is 0 Å². The van der Waals surface area contributed by atoms with Crippen molar-refractivity contribution < 1.29 is 14.3 Å². The molecule has 0 aliphatic rings. The van der Waals surface area contributed by atoms with Gasteiger partial charge in [-0.15, -0.1) is 5.73 Å². The number of Topliss-reactive ketones (excluding diaryl/α,β-unsaturated/α-hetero) is 1. The maximum atomic E-state index is 10.6. The van der Waals surface area contributed by atoms with Gasteiger partial charge >= 0.3 is 5.97 Å². The molecule has 10 heavy (non-hydrogen) atoms. The summed E-state index contributed by atoms with van der Waals surface area (Å²) in [5.41, 5.74) is 2.37. The Bertz CT molecular complexity index is 187. The monoisotopic (exact) mass is 140 g/mol. The smallest absolute Gasteiger partial charge is 0.374 e. The molecule has 0 aromatic rings. The minimum atomic E-state index is -0.827. The Morgan fingerprint density at radius 1 is 1.70 bits per heavy atom. The molecule has 0 saturated carbocycles. The topological polar surface area (TPSA) is 43.4 Å². The Kier molecular flexibility index (Phi) is 3.92. The summed E-state index contributed by atoms with van der Waals surface area (Å²) in [6.45, 7) is 3.23. The highest BCUT2D eigenvalue weighted by atomic mass is 16.5. The van der Waals surface area contributed by atoms with Crippen LogP contribution in [0.5, 0.6) is 0 Å². The standard InChI is InChI=1S/C7H8O3/c1-3-4-5-6(8)7(9)10-2/h4H,1,5H2,2H3. The molecule has 0 N–H and O–H groups in total. The molecule has 0 aromatic carbocycles. The van der Waals surface area contributed by atoms with Crippen LogP contribution in [0.3, 0.4) is 0 Å². The Morgan fingerprint density at radius 3 is 2.70 bits per heavy atom. The van der Waals surface area contributed by atoms with Crippen LogP contribution in [0.15, 0.2) is 18.4 Å². The van der Waals surface area contributed by atoms with Crippen LogP contribution in [0.1, 0.15) is 6.42 Å². The van der Waals surface area contributed by atoms with Gasteiger partial charge in [0.15, 0.2) is 0 Å². The molecule has 3 heteroatoms. The van der Waals surface area contributed by atoms with E-state index in [1.54, 1.807) is 0 Å². The van der Waals surface area contributed by atoms with Gasteiger partial charge in [0.05, 0.1) is 7.11 Å². The number of methoxy groups -OCH3 is 1. The van der Waals surface area contributed by atoms with Gasteiger partial charge in [-0.25, -0.2) is 4.79 Å². The van der Waals surface area contributed by atoms with Crippen LogP contribution in [-0.4, -0.2) is 18.9 Å². The Hall–Kier alpha value is -1.34. The summed E-state index contributed by atoms with van der Waals surface area (Å²) in [6, 6.07) is 0. The van der Waals surface area contributed by atoms with Crippen molar-refractivity contribution in [2.45, 2.75) is 6.42 Å². The SMILES string of the molecule is C=C=CCC(=O)C(=O)OC. The highest BCUT2D eigenvalue weighted by molar-refractivity contribution is 6.33. The van der Waals surface area contributed by atoms with Gasteiger partial charge in [-0.1, -0.05) is 6.58 Å². The largest absolute Gasteiger partial charge is 0.463 e. The number of hydrogen-bond acceptors (Lipinski definition) is 3. The lowest BCUT2D eigenvalue weighted by molar-refractivity contribution is -0.151. The molecular formula is C7H8O3. The van der Waals surface area contributed by atoms with Gasteiger partial charge in [0.1, 0.15) is 0 Å². The Labute approximate surface area is 59.0 Å². The van der Waals surface area contributed by atoms with Crippen molar-refractivity contribution >= 4 is 11.8 Å². The zero-order valence-corrected chi connectivity index (χ0v) is 5.72.